The van der Waals surface area contributed by atoms with Crippen molar-refractivity contribution in [3.05, 3.63) is 34.9 Å². The topological polar surface area (TPSA) is 45.0 Å². The van der Waals surface area contributed by atoms with Gasteiger partial charge in [-0.3, -0.25) is 0 Å². The number of nitrogens with zero attached hydrogens (tertiary/aromatic N) is 1. The van der Waals surface area contributed by atoms with Gasteiger partial charge in [0.1, 0.15) is 11.8 Å². The second kappa shape index (κ2) is 6.83. The largest absolute Gasteiger partial charge is 0.495 e. The summed E-state index contributed by atoms with van der Waals surface area (Å²) >= 11 is 0. The lowest BCUT2D eigenvalue weighted by atomic mass is 10.0. The van der Waals surface area contributed by atoms with Gasteiger partial charge in [0.2, 0.25) is 0 Å². The Balaban J connectivity index is 2.98. The van der Waals surface area contributed by atoms with Gasteiger partial charge in [-0.15, -0.1) is 0 Å². The predicted molar refractivity (Wildman–Crippen MR) is 74.5 cm³/mol. The first-order valence-corrected chi connectivity index (χ1v) is 6.12. The van der Waals surface area contributed by atoms with Gasteiger partial charge in [0.15, 0.2) is 0 Å². The first-order valence-electron chi connectivity index (χ1n) is 6.12. The van der Waals surface area contributed by atoms with Crippen LogP contribution in [0.3, 0.4) is 0 Å². The fourth-order valence-corrected chi connectivity index (χ4v) is 1.76. The number of ether oxygens (including phenoxy) is 1. The first-order chi connectivity index (χ1) is 8.62. The number of rotatable bonds is 5. The van der Waals surface area contributed by atoms with Gasteiger partial charge in [0.05, 0.1) is 12.7 Å². The fraction of sp³-hybridized carbons (Fsp3) is 0.400. The zero-order valence-electron chi connectivity index (χ0n) is 11.4. The van der Waals surface area contributed by atoms with Gasteiger partial charge in [-0.25, -0.2) is 0 Å². The number of nitrogens with one attached hydrogen (secondary N) is 1. The molecule has 0 radical (unpaired) electrons. The van der Waals surface area contributed by atoms with E-state index in [4.69, 9.17) is 10.00 Å². The summed E-state index contributed by atoms with van der Waals surface area (Å²) in [5.74, 6) is 0.618. The van der Waals surface area contributed by atoms with Gasteiger partial charge in [0, 0.05) is 6.04 Å². The van der Waals surface area contributed by atoms with Crippen LogP contribution in [0, 0.1) is 11.3 Å². The molecule has 1 unspecified atom stereocenters. The third-order valence-corrected chi connectivity index (χ3v) is 2.93. The van der Waals surface area contributed by atoms with Crippen molar-refractivity contribution in [2.24, 2.45) is 0 Å². The van der Waals surface area contributed by atoms with E-state index in [1.165, 1.54) is 5.57 Å². The lowest BCUT2D eigenvalue weighted by Gasteiger charge is -2.13. The van der Waals surface area contributed by atoms with Crippen molar-refractivity contribution >= 4 is 6.08 Å². The highest BCUT2D eigenvalue weighted by Gasteiger charge is 2.05. The molecule has 96 valence electrons. The van der Waals surface area contributed by atoms with Gasteiger partial charge in [-0.05, 0) is 38.1 Å². The lowest BCUT2D eigenvalue weighted by molar-refractivity contribution is 0.413. The van der Waals surface area contributed by atoms with Crippen molar-refractivity contribution in [1.82, 2.24) is 5.32 Å². The quantitative estimate of drug-likeness (QED) is 0.866. The number of nitriles is 1. The predicted octanol–water partition coefficient (Wildman–Crippen LogP) is 2.97. The average Bonchev–Trinajstić information content (AvgIpc) is 2.38. The minimum atomic E-state index is 0.336. The molecule has 0 fully saturated rings. The number of likely N-dealkylation sites (N-methyl/N-ethyl adjacent to an activating group) is 1. The van der Waals surface area contributed by atoms with Crippen LogP contribution >= 0.6 is 0 Å². The summed E-state index contributed by atoms with van der Waals surface area (Å²) in [4.78, 5) is 0. The van der Waals surface area contributed by atoms with Gasteiger partial charge in [-0.2, -0.15) is 5.26 Å². The van der Waals surface area contributed by atoms with Gasteiger partial charge in [-0.1, -0.05) is 24.6 Å². The minimum absolute atomic E-state index is 0.336. The molecule has 1 aromatic carbocycles. The summed E-state index contributed by atoms with van der Waals surface area (Å²) in [6, 6.07) is 8.12. The van der Waals surface area contributed by atoms with Crippen LogP contribution in [-0.4, -0.2) is 19.7 Å². The molecule has 0 aliphatic rings. The van der Waals surface area contributed by atoms with Crippen LogP contribution in [0.25, 0.3) is 6.08 Å². The van der Waals surface area contributed by atoms with E-state index in [2.05, 4.69) is 38.2 Å². The average molecular weight is 244 g/mol. The summed E-state index contributed by atoms with van der Waals surface area (Å²) in [5, 5.41) is 12.4. The number of methoxy groups -OCH3 is 1. The number of hydrogen-bond acceptors (Lipinski definition) is 3. The monoisotopic (exact) mass is 244 g/mol. The van der Waals surface area contributed by atoms with Crippen molar-refractivity contribution in [2.75, 3.05) is 13.7 Å². The van der Waals surface area contributed by atoms with E-state index in [1.54, 1.807) is 7.11 Å². The fourth-order valence-electron chi connectivity index (χ4n) is 1.76. The Morgan fingerprint density at radius 2 is 2.28 bits per heavy atom. The second-order valence-electron chi connectivity index (χ2n) is 4.24. The molecule has 1 rings (SSSR count). The standard InChI is InChI=1S/C15H20N2O/c1-5-17-12(3)11(2)8-13-6-7-15(18-4)14(9-13)10-16/h6-9,12,17H,5H2,1-4H3/b11-8+. The molecule has 1 atom stereocenters. The van der Waals surface area contributed by atoms with Crippen LogP contribution in [-0.2, 0) is 0 Å². The highest BCUT2D eigenvalue weighted by Crippen LogP contribution is 2.20. The van der Waals surface area contributed by atoms with Gasteiger partial charge < -0.3 is 10.1 Å². The Labute approximate surface area is 109 Å². The zero-order valence-corrected chi connectivity index (χ0v) is 11.4. The highest BCUT2D eigenvalue weighted by molar-refractivity contribution is 5.58. The van der Waals surface area contributed by atoms with Crippen LogP contribution < -0.4 is 10.1 Å². The molecule has 0 heterocycles. The molecule has 0 saturated carbocycles. The minimum Gasteiger partial charge on any atom is -0.495 e. The van der Waals surface area contributed by atoms with Gasteiger partial charge in [0.25, 0.3) is 0 Å². The zero-order chi connectivity index (χ0) is 13.5. The van der Waals surface area contributed by atoms with E-state index >= 15 is 0 Å². The molecule has 3 heteroatoms. The molecule has 0 spiro atoms. The third kappa shape index (κ3) is 3.61. The Morgan fingerprint density at radius 3 is 2.83 bits per heavy atom. The number of hydrogen-bond donors (Lipinski definition) is 1. The van der Waals surface area contributed by atoms with E-state index in [9.17, 15) is 0 Å². The summed E-state index contributed by atoms with van der Waals surface area (Å²) < 4.78 is 5.13. The van der Waals surface area contributed by atoms with E-state index in [0.29, 0.717) is 17.4 Å². The van der Waals surface area contributed by atoms with Crippen LogP contribution in [0.15, 0.2) is 23.8 Å². The van der Waals surface area contributed by atoms with Crippen LogP contribution in [0.2, 0.25) is 0 Å². The molecule has 18 heavy (non-hydrogen) atoms. The van der Waals surface area contributed by atoms with Crippen LogP contribution in [0.4, 0.5) is 0 Å². The van der Waals surface area contributed by atoms with E-state index in [-0.39, 0.29) is 0 Å². The molecular weight excluding hydrogens is 224 g/mol. The first kappa shape index (κ1) is 14.3. The Bertz CT molecular complexity index is 472. The highest BCUT2D eigenvalue weighted by atomic mass is 16.5. The molecule has 1 N–H and O–H groups in total. The molecule has 0 aliphatic heterocycles. The number of benzene rings is 1. The summed E-state index contributed by atoms with van der Waals surface area (Å²) in [6.45, 7) is 7.25. The van der Waals surface area contributed by atoms with E-state index in [0.717, 1.165) is 12.1 Å². The molecule has 1 aromatic rings. The summed E-state index contributed by atoms with van der Waals surface area (Å²) in [7, 11) is 1.57. The third-order valence-electron chi connectivity index (χ3n) is 2.93. The molecule has 0 amide bonds. The molecule has 0 aliphatic carbocycles. The Hall–Kier alpha value is -1.79. The SMILES string of the molecule is CCNC(C)/C(C)=C/c1ccc(OC)c(C#N)c1. The molecule has 0 aromatic heterocycles. The van der Waals surface area contributed by atoms with Crippen molar-refractivity contribution in [3.8, 4) is 11.8 Å². The molecular formula is C15H20N2O. The molecule has 3 nitrogen and oxygen atoms in total. The maximum absolute atomic E-state index is 9.04. The van der Waals surface area contributed by atoms with Crippen LogP contribution in [0.5, 0.6) is 5.75 Å². The van der Waals surface area contributed by atoms with Crippen molar-refractivity contribution < 1.29 is 4.74 Å². The lowest BCUT2D eigenvalue weighted by Crippen LogP contribution is -2.26. The normalized spacial score (nSPS) is 12.9. The van der Waals surface area contributed by atoms with Gasteiger partial charge >= 0.3 is 0 Å². The Kier molecular flexibility index (Phi) is 5.41. The molecule has 0 bridgehead atoms. The van der Waals surface area contributed by atoms with E-state index in [1.807, 2.05) is 18.2 Å². The van der Waals surface area contributed by atoms with Crippen molar-refractivity contribution in [3.63, 3.8) is 0 Å². The van der Waals surface area contributed by atoms with E-state index < -0.39 is 0 Å². The molecule has 0 saturated heterocycles. The maximum atomic E-state index is 9.04. The summed E-state index contributed by atoms with van der Waals surface area (Å²) in [6.07, 6.45) is 2.09. The second-order valence-corrected chi connectivity index (χ2v) is 4.24. The van der Waals surface area contributed by atoms with Crippen molar-refractivity contribution in [1.29, 1.82) is 5.26 Å². The van der Waals surface area contributed by atoms with Crippen LogP contribution in [0.1, 0.15) is 31.9 Å². The summed E-state index contributed by atoms with van der Waals surface area (Å²) in [5.41, 5.74) is 2.83. The smallest absolute Gasteiger partial charge is 0.136 e. The Morgan fingerprint density at radius 1 is 1.56 bits per heavy atom. The maximum Gasteiger partial charge on any atom is 0.136 e. The van der Waals surface area contributed by atoms with Crippen molar-refractivity contribution in [2.45, 2.75) is 26.8 Å².